The first kappa shape index (κ1) is 16.6. The maximum absolute atomic E-state index is 12.2. The van der Waals surface area contributed by atoms with Gasteiger partial charge in [-0.15, -0.1) is 13.2 Å². The molecule has 0 spiro atoms. The number of aldehydes is 1. The van der Waals surface area contributed by atoms with Gasteiger partial charge in [0.15, 0.2) is 6.29 Å². The highest BCUT2D eigenvalue weighted by molar-refractivity contribution is 14.1. The number of halogens is 4. The topological polar surface area (TPSA) is 52.1 Å². The number of carbonyl (C=O) groups excluding carboxylic acids is 1. The van der Waals surface area contributed by atoms with Crippen molar-refractivity contribution in [2.45, 2.75) is 6.36 Å². The summed E-state index contributed by atoms with van der Waals surface area (Å²) in [6, 6.07) is 7.21. The second-order valence-corrected chi connectivity index (χ2v) is 5.93. The molecule has 3 rings (SSSR count). The maximum Gasteiger partial charge on any atom is 0.573 e. The molecule has 0 aliphatic rings. The quantitative estimate of drug-likeness (QED) is 0.438. The molecule has 0 bridgehead atoms. The van der Waals surface area contributed by atoms with Gasteiger partial charge in [0.1, 0.15) is 11.3 Å². The van der Waals surface area contributed by atoms with Gasteiger partial charge >= 0.3 is 6.36 Å². The Morgan fingerprint density at radius 2 is 1.67 bits per heavy atom. The van der Waals surface area contributed by atoms with Crippen LogP contribution in [0, 0.1) is 3.57 Å². The number of fused-ring (bicyclic) bond motifs is 1. The van der Waals surface area contributed by atoms with E-state index in [1.807, 2.05) is 22.6 Å². The van der Waals surface area contributed by atoms with Gasteiger partial charge in [-0.3, -0.25) is 14.8 Å². The number of nitrogens with zero attached hydrogens (tertiary/aromatic N) is 2. The van der Waals surface area contributed by atoms with Crippen molar-refractivity contribution in [3.63, 3.8) is 0 Å². The summed E-state index contributed by atoms with van der Waals surface area (Å²) in [4.78, 5) is 19.7. The number of rotatable bonds is 3. The Balaban J connectivity index is 2.11. The van der Waals surface area contributed by atoms with E-state index >= 15 is 0 Å². The minimum absolute atomic E-state index is 0.305. The first-order valence-electron chi connectivity index (χ1n) is 6.63. The fourth-order valence-electron chi connectivity index (χ4n) is 2.29. The van der Waals surface area contributed by atoms with Crippen molar-refractivity contribution in [1.29, 1.82) is 0 Å². The van der Waals surface area contributed by atoms with Crippen LogP contribution in [0.15, 0.2) is 42.7 Å². The number of aromatic nitrogens is 2. The number of hydrogen-bond acceptors (Lipinski definition) is 4. The Labute approximate surface area is 147 Å². The van der Waals surface area contributed by atoms with Crippen LogP contribution in [0.3, 0.4) is 0 Å². The predicted molar refractivity (Wildman–Crippen MR) is 89.8 cm³/mol. The SMILES string of the molecule is O=Cc1c(I)cc(-c2ccc(OC(F)(F)F)cc2)c2nccnc12. The van der Waals surface area contributed by atoms with Crippen molar-refractivity contribution in [3.8, 4) is 16.9 Å². The zero-order valence-corrected chi connectivity index (χ0v) is 14.0. The molecule has 4 nitrogen and oxygen atoms in total. The molecule has 0 aliphatic heterocycles. The summed E-state index contributed by atoms with van der Waals surface area (Å²) in [5.74, 6) is -0.305. The second kappa shape index (κ2) is 6.34. The minimum atomic E-state index is -4.74. The van der Waals surface area contributed by atoms with Gasteiger partial charge in [0.2, 0.25) is 0 Å². The zero-order chi connectivity index (χ0) is 17.3. The van der Waals surface area contributed by atoms with Crippen molar-refractivity contribution in [2.75, 3.05) is 0 Å². The lowest BCUT2D eigenvalue weighted by atomic mass is 10.0. The highest BCUT2D eigenvalue weighted by Gasteiger charge is 2.31. The van der Waals surface area contributed by atoms with Crippen LogP contribution in [-0.2, 0) is 0 Å². The molecule has 0 radical (unpaired) electrons. The van der Waals surface area contributed by atoms with Crippen LogP contribution in [0.5, 0.6) is 5.75 Å². The lowest BCUT2D eigenvalue weighted by Crippen LogP contribution is -2.16. The smallest absolute Gasteiger partial charge is 0.406 e. The van der Waals surface area contributed by atoms with Crippen LogP contribution in [0.4, 0.5) is 13.2 Å². The molecule has 24 heavy (non-hydrogen) atoms. The molecule has 1 heterocycles. The molecule has 8 heteroatoms. The van der Waals surface area contributed by atoms with Crippen LogP contribution in [0.1, 0.15) is 10.4 Å². The number of ether oxygens (including phenoxy) is 1. The standard InChI is InChI=1S/C16H8F3IN2O2/c17-16(18,19)24-10-3-1-9(2-4-10)11-7-13(20)12(8-23)15-14(11)21-5-6-22-15/h1-8H. The molecule has 2 aromatic carbocycles. The lowest BCUT2D eigenvalue weighted by Gasteiger charge is -2.11. The third-order valence-corrected chi connectivity index (χ3v) is 4.15. The summed E-state index contributed by atoms with van der Waals surface area (Å²) >= 11 is 2.01. The molecule has 0 fully saturated rings. The molecular weight excluding hydrogens is 436 g/mol. The second-order valence-electron chi connectivity index (χ2n) is 4.76. The number of carbonyl (C=O) groups is 1. The van der Waals surface area contributed by atoms with E-state index in [9.17, 15) is 18.0 Å². The van der Waals surface area contributed by atoms with Gasteiger partial charge in [-0.2, -0.15) is 0 Å². The zero-order valence-electron chi connectivity index (χ0n) is 11.8. The Morgan fingerprint density at radius 1 is 1.04 bits per heavy atom. The first-order chi connectivity index (χ1) is 11.4. The van der Waals surface area contributed by atoms with Crippen molar-refractivity contribution < 1.29 is 22.7 Å². The molecule has 1 aromatic heterocycles. The van der Waals surface area contributed by atoms with Crippen molar-refractivity contribution >= 4 is 39.9 Å². The average Bonchev–Trinajstić information content (AvgIpc) is 2.53. The summed E-state index contributed by atoms with van der Waals surface area (Å²) < 4.78 is 41.3. The summed E-state index contributed by atoms with van der Waals surface area (Å²) in [5, 5.41) is 0. The predicted octanol–water partition coefficient (Wildman–Crippen LogP) is 4.61. The van der Waals surface area contributed by atoms with E-state index in [4.69, 9.17) is 0 Å². The molecule has 0 atom stereocenters. The Kier molecular flexibility index (Phi) is 4.39. The number of alkyl halides is 3. The molecule has 0 saturated carbocycles. The third-order valence-electron chi connectivity index (χ3n) is 3.25. The molecule has 0 saturated heterocycles. The summed E-state index contributed by atoms with van der Waals surface area (Å²) in [7, 11) is 0. The summed E-state index contributed by atoms with van der Waals surface area (Å²) in [5.41, 5.74) is 2.70. The van der Waals surface area contributed by atoms with E-state index in [0.29, 0.717) is 37.6 Å². The Bertz CT molecular complexity index is 912. The van der Waals surface area contributed by atoms with Gasteiger partial charge < -0.3 is 4.74 Å². The average molecular weight is 444 g/mol. The molecule has 0 N–H and O–H groups in total. The van der Waals surface area contributed by atoms with Gasteiger partial charge in [0.25, 0.3) is 0 Å². The summed E-state index contributed by atoms with van der Waals surface area (Å²) in [6.45, 7) is 0. The van der Waals surface area contributed by atoms with E-state index in [2.05, 4.69) is 14.7 Å². The molecule has 0 unspecified atom stereocenters. The molecule has 0 amide bonds. The highest BCUT2D eigenvalue weighted by atomic mass is 127. The van der Waals surface area contributed by atoms with Gasteiger partial charge in [0, 0.05) is 21.5 Å². The molecule has 122 valence electrons. The van der Waals surface area contributed by atoms with Crippen LogP contribution >= 0.6 is 22.6 Å². The van der Waals surface area contributed by atoms with Crippen molar-refractivity contribution in [3.05, 3.63) is 51.9 Å². The van der Waals surface area contributed by atoms with Crippen molar-refractivity contribution in [1.82, 2.24) is 9.97 Å². The summed E-state index contributed by atoms with van der Waals surface area (Å²) in [6.07, 6.45) is -1.05. The van der Waals surface area contributed by atoms with E-state index in [1.165, 1.54) is 36.7 Å². The van der Waals surface area contributed by atoms with Crippen LogP contribution in [0.2, 0.25) is 0 Å². The van der Waals surface area contributed by atoms with E-state index in [-0.39, 0.29) is 5.75 Å². The van der Waals surface area contributed by atoms with E-state index in [1.54, 1.807) is 6.07 Å². The lowest BCUT2D eigenvalue weighted by molar-refractivity contribution is -0.274. The minimum Gasteiger partial charge on any atom is -0.406 e. The number of hydrogen-bond donors (Lipinski definition) is 0. The molecular formula is C16H8F3IN2O2. The van der Waals surface area contributed by atoms with Gasteiger partial charge in [-0.1, -0.05) is 12.1 Å². The maximum atomic E-state index is 12.2. The van der Waals surface area contributed by atoms with E-state index < -0.39 is 6.36 Å². The third kappa shape index (κ3) is 3.32. The van der Waals surface area contributed by atoms with Gasteiger partial charge in [-0.05, 0) is 46.4 Å². The highest BCUT2D eigenvalue weighted by Crippen LogP contribution is 2.32. The Hall–Kier alpha value is -2.23. The normalized spacial score (nSPS) is 11.5. The monoisotopic (exact) mass is 444 g/mol. The first-order valence-corrected chi connectivity index (χ1v) is 7.71. The van der Waals surface area contributed by atoms with Crippen LogP contribution in [0.25, 0.3) is 22.2 Å². The van der Waals surface area contributed by atoms with E-state index in [0.717, 1.165) is 0 Å². The molecule has 3 aromatic rings. The fourth-order valence-corrected chi connectivity index (χ4v) is 2.98. The fraction of sp³-hybridized carbons (Fsp3) is 0.0625. The van der Waals surface area contributed by atoms with Crippen molar-refractivity contribution in [2.24, 2.45) is 0 Å². The number of benzene rings is 2. The molecule has 0 aliphatic carbocycles. The van der Waals surface area contributed by atoms with Crippen LogP contribution in [-0.4, -0.2) is 22.6 Å². The Morgan fingerprint density at radius 3 is 2.25 bits per heavy atom. The largest absolute Gasteiger partial charge is 0.573 e. The van der Waals surface area contributed by atoms with Gasteiger partial charge in [-0.25, -0.2) is 0 Å². The van der Waals surface area contributed by atoms with Gasteiger partial charge in [0.05, 0.1) is 11.1 Å². The van der Waals surface area contributed by atoms with Crippen LogP contribution < -0.4 is 4.74 Å².